The molecule has 0 amide bonds. The summed E-state index contributed by atoms with van der Waals surface area (Å²) in [6.45, 7) is 10.6. The molecule has 0 heterocycles. The molecule has 0 fully saturated rings. The van der Waals surface area contributed by atoms with Crippen LogP contribution in [0.2, 0.25) is 6.55 Å². The van der Waals surface area contributed by atoms with E-state index in [2.05, 4.69) is 18.5 Å². The van der Waals surface area contributed by atoms with Gasteiger partial charge in [-0.05, 0) is 33.4 Å². The Morgan fingerprint density at radius 2 is 1.58 bits per heavy atom. The van der Waals surface area contributed by atoms with E-state index in [4.69, 9.17) is 8.85 Å². The van der Waals surface area contributed by atoms with Crippen molar-refractivity contribution < 1.29 is 8.85 Å². The second-order valence-electron chi connectivity index (χ2n) is 2.74. The Kier molecular flexibility index (Phi) is 6.65. The number of hydrogen-bond donors (Lipinski definition) is 1. The monoisotopic (exact) mass is 191 g/mol. The normalized spacial score (nSPS) is 12.0. The van der Waals surface area contributed by atoms with Gasteiger partial charge >= 0.3 is 8.72 Å². The van der Waals surface area contributed by atoms with Crippen molar-refractivity contribution >= 4 is 8.72 Å². The van der Waals surface area contributed by atoms with E-state index in [1.807, 2.05) is 13.8 Å². The van der Waals surface area contributed by atoms with Crippen LogP contribution in [0.5, 0.6) is 0 Å². The van der Waals surface area contributed by atoms with E-state index < -0.39 is 8.72 Å². The van der Waals surface area contributed by atoms with Crippen LogP contribution in [0.15, 0.2) is 0 Å². The Bertz CT molecular complexity index is 105. The minimum Gasteiger partial charge on any atom is -0.383 e. The lowest BCUT2D eigenvalue weighted by atomic mass is 10.5. The van der Waals surface area contributed by atoms with Crippen molar-refractivity contribution in [2.75, 3.05) is 19.8 Å². The molecule has 12 heavy (non-hydrogen) atoms. The molecule has 0 aliphatic carbocycles. The lowest BCUT2D eigenvalue weighted by Crippen LogP contribution is -2.53. The molecule has 0 rings (SSSR count). The number of hydrogen-bond acceptors (Lipinski definition) is 3. The van der Waals surface area contributed by atoms with Gasteiger partial charge in [-0.2, -0.15) is 0 Å². The first kappa shape index (κ1) is 12.1. The van der Waals surface area contributed by atoms with Crippen LogP contribution >= 0.6 is 0 Å². The predicted molar refractivity (Wildman–Crippen MR) is 53.2 cm³/mol. The van der Waals surface area contributed by atoms with Crippen LogP contribution in [-0.2, 0) is 8.85 Å². The maximum absolute atomic E-state index is 5.58. The third-order valence-corrected chi connectivity index (χ3v) is 4.11. The van der Waals surface area contributed by atoms with Gasteiger partial charge in [0.25, 0.3) is 0 Å². The van der Waals surface area contributed by atoms with E-state index in [0.717, 1.165) is 26.2 Å². The van der Waals surface area contributed by atoms with Crippen LogP contribution in [0.1, 0.15) is 27.2 Å². The first-order valence-corrected chi connectivity index (χ1v) is 7.03. The fourth-order valence-electron chi connectivity index (χ4n) is 1.05. The molecule has 4 heteroatoms. The second-order valence-corrected chi connectivity index (χ2v) is 5.56. The smallest absolute Gasteiger partial charge is 0.383 e. The van der Waals surface area contributed by atoms with Gasteiger partial charge in [-0.1, -0.05) is 6.92 Å². The van der Waals surface area contributed by atoms with Gasteiger partial charge in [0, 0.05) is 13.2 Å². The molecule has 1 N–H and O–H groups in total. The summed E-state index contributed by atoms with van der Waals surface area (Å²) in [4.78, 5) is 3.34. The quantitative estimate of drug-likeness (QED) is 0.620. The number of rotatable bonds is 7. The molecule has 0 saturated carbocycles. The highest BCUT2D eigenvalue weighted by Gasteiger charge is 2.30. The van der Waals surface area contributed by atoms with Crippen molar-refractivity contribution in [3.05, 3.63) is 0 Å². The van der Waals surface area contributed by atoms with Crippen LogP contribution in [0.3, 0.4) is 0 Å². The Labute approximate surface area is 76.8 Å². The van der Waals surface area contributed by atoms with E-state index in [1.165, 1.54) is 0 Å². The summed E-state index contributed by atoms with van der Waals surface area (Å²) in [5.74, 6) is 0. The summed E-state index contributed by atoms with van der Waals surface area (Å²) in [5, 5.41) is 0. The molecule has 0 saturated heterocycles. The van der Waals surface area contributed by atoms with Crippen LogP contribution in [0.4, 0.5) is 0 Å². The van der Waals surface area contributed by atoms with E-state index >= 15 is 0 Å². The molecule has 0 spiro atoms. The highest BCUT2D eigenvalue weighted by molar-refractivity contribution is 6.63. The molecular weight excluding hydrogens is 170 g/mol. The molecule has 0 aliphatic rings. The van der Waals surface area contributed by atoms with Gasteiger partial charge in [-0.25, -0.2) is 0 Å². The third-order valence-electron chi connectivity index (χ3n) is 1.54. The lowest BCUT2D eigenvalue weighted by Gasteiger charge is -2.26. The molecule has 0 aromatic rings. The highest BCUT2D eigenvalue weighted by atomic mass is 28.4. The van der Waals surface area contributed by atoms with E-state index in [9.17, 15) is 0 Å². The van der Waals surface area contributed by atoms with Crippen LogP contribution < -0.4 is 4.98 Å². The minimum atomic E-state index is -2.02. The summed E-state index contributed by atoms with van der Waals surface area (Å²) in [5.41, 5.74) is 0. The molecule has 0 radical (unpaired) electrons. The van der Waals surface area contributed by atoms with E-state index in [-0.39, 0.29) is 0 Å². The average Bonchev–Trinajstić information content (AvgIpc) is 2.02. The number of nitrogens with one attached hydrogen (secondary N) is 1. The van der Waals surface area contributed by atoms with Crippen LogP contribution in [0, 0.1) is 0 Å². The van der Waals surface area contributed by atoms with Gasteiger partial charge in [0.1, 0.15) is 0 Å². The Hall–Kier alpha value is 0.0969. The Morgan fingerprint density at radius 1 is 1.08 bits per heavy atom. The van der Waals surface area contributed by atoms with Crippen molar-refractivity contribution in [2.45, 2.75) is 33.7 Å². The Morgan fingerprint density at radius 3 is 1.92 bits per heavy atom. The zero-order valence-corrected chi connectivity index (χ0v) is 9.64. The summed E-state index contributed by atoms with van der Waals surface area (Å²) in [6, 6.07) is 0. The predicted octanol–water partition coefficient (Wildman–Crippen LogP) is 1.63. The third kappa shape index (κ3) is 4.87. The molecule has 3 nitrogen and oxygen atoms in total. The molecule has 74 valence electrons. The molecule has 0 aromatic heterocycles. The largest absolute Gasteiger partial charge is 0.421 e. The van der Waals surface area contributed by atoms with Crippen molar-refractivity contribution in [1.29, 1.82) is 0 Å². The first-order valence-electron chi connectivity index (χ1n) is 4.71. The van der Waals surface area contributed by atoms with Gasteiger partial charge < -0.3 is 8.85 Å². The minimum absolute atomic E-state index is 0.722. The summed E-state index contributed by atoms with van der Waals surface area (Å²) in [7, 11) is -2.02. The van der Waals surface area contributed by atoms with Crippen molar-refractivity contribution in [1.82, 2.24) is 4.98 Å². The summed E-state index contributed by atoms with van der Waals surface area (Å²) < 4.78 is 11.2. The van der Waals surface area contributed by atoms with Crippen molar-refractivity contribution in [3.63, 3.8) is 0 Å². The van der Waals surface area contributed by atoms with Crippen LogP contribution in [-0.4, -0.2) is 28.5 Å². The summed E-state index contributed by atoms with van der Waals surface area (Å²) >= 11 is 0. The maximum Gasteiger partial charge on any atom is 0.421 e. The van der Waals surface area contributed by atoms with Gasteiger partial charge in [0.2, 0.25) is 0 Å². The lowest BCUT2D eigenvalue weighted by molar-refractivity contribution is 0.178. The molecule has 0 aromatic carbocycles. The zero-order valence-electron chi connectivity index (χ0n) is 8.64. The fourth-order valence-corrected chi connectivity index (χ4v) is 3.14. The second kappa shape index (κ2) is 6.60. The van der Waals surface area contributed by atoms with Gasteiger partial charge in [0.15, 0.2) is 0 Å². The highest BCUT2D eigenvalue weighted by Crippen LogP contribution is 2.02. The standard InChI is InChI=1S/C8H21NO2Si/c1-5-8-9-12(4,10-6-2)11-7-3/h9H,5-8H2,1-4H3. The molecule has 0 atom stereocenters. The fraction of sp³-hybridized carbons (Fsp3) is 1.00. The van der Waals surface area contributed by atoms with Crippen molar-refractivity contribution in [2.24, 2.45) is 0 Å². The Balaban J connectivity index is 3.80. The topological polar surface area (TPSA) is 30.5 Å². The van der Waals surface area contributed by atoms with Crippen LogP contribution in [0.25, 0.3) is 0 Å². The zero-order chi connectivity index (χ0) is 9.45. The first-order chi connectivity index (χ1) is 5.68. The average molecular weight is 191 g/mol. The SMILES string of the molecule is CCCN[Si](C)(OCC)OCC. The molecular formula is C8H21NO2Si. The molecule has 0 aliphatic heterocycles. The van der Waals surface area contributed by atoms with Gasteiger partial charge in [-0.15, -0.1) is 0 Å². The van der Waals surface area contributed by atoms with Gasteiger partial charge in [-0.3, -0.25) is 4.98 Å². The van der Waals surface area contributed by atoms with E-state index in [1.54, 1.807) is 0 Å². The molecule has 0 unspecified atom stereocenters. The van der Waals surface area contributed by atoms with Crippen molar-refractivity contribution in [3.8, 4) is 0 Å². The summed E-state index contributed by atoms with van der Waals surface area (Å²) in [6.07, 6.45) is 1.11. The van der Waals surface area contributed by atoms with E-state index in [0.29, 0.717) is 0 Å². The molecule has 0 bridgehead atoms. The van der Waals surface area contributed by atoms with Gasteiger partial charge in [0.05, 0.1) is 0 Å². The maximum atomic E-state index is 5.58.